The zero-order valence-corrected chi connectivity index (χ0v) is 15.9. The Morgan fingerprint density at radius 1 is 0.964 bits per heavy atom. The largest absolute Gasteiger partial charge is 0.493 e. The van der Waals surface area contributed by atoms with E-state index in [-0.39, 0.29) is 0 Å². The Bertz CT molecular complexity index is 1040. The summed E-state index contributed by atoms with van der Waals surface area (Å²) in [6.07, 6.45) is 3.45. The van der Waals surface area contributed by atoms with Crippen LogP contribution in [0.4, 0.5) is 0 Å². The van der Waals surface area contributed by atoms with E-state index in [1.54, 1.807) is 12.4 Å². The van der Waals surface area contributed by atoms with Crippen LogP contribution in [0.5, 0.6) is 11.5 Å². The van der Waals surface area contributed by atoms with Crippen LogP contribution >= 0.6 is 0 Å². The number of nitrogens with zero attached hydrogens (tertiary/aromatic N) is 2. The van der Waals surface area contributed by atoms with Crippen LogP contribution < -0.4 is 9.47 Å². The first kappa shape index (κ1) is 18.0. The van der Waals surface area contributed by atoms with E-state index in [2.05, 4.69) is 9.97 Å². The smallest absolute Gasteiger partial charge is 0.228 e. The molecule has 0 saturated carbocycles. The summed E-state index contributed by atoms with van der Waals surface area (Å²) in [7, 11) is 0. The lowest BCUT2D eigenvalue weighted by Gasteiger charge is -2.09. The molecule has 5 heteroatoms. The highest BCUT2D eigenvalue weighted by Gasteiger charge is 2.09. The predicted molar refractivity (Wildman–Crippen MR) is 108 cm³/mol. The van der Waals surface area contributed by atoms with Crippen LogP contribution in [0.25, 0.3) is 22.6 Å². The number of oxazole rings is 1. The minimum atomic E-state index is 0.470. The van der Waals surface area contributed by atoms with Crippen LogP contribution in [0.2, 0.25) is 0 Å². The molecule has 0 aliphatic rings. The van der Waals surface area contributed by atoms with Crippen molar-refractivity contribution in [2.75, 3.05) is 6.61 Å². The van der Waals surface area contributed by atoms with Gasteiger partial charge < -0.3 is 13.9 Å². The lowest BCUT2D eigenvalue weighted by Crippen LogP contribution is -2.02. The third-order valence-electron chi connectivity index (χ3n) is 4.12. The summed E-state index contributed by atoms with van der Waals surface area (Å²) in [6.45, 7) is 5.20. The summed E-state index contributed by atoms with van der Waals surface area (Å²) in [4.78, 5) is 8.64. The molecule has 0 amide bonds. The maximum absolute atomic E-state index is 5.91. The van der Waals surface area contributed by atoms with Crippen molar-refractivity contribution in [1.29, 1.82) is 0 Å². The molecule has 0 saturated heterocycles. The third kappa shape index (κ3) is 4.31. The van der Waals surface area contributed by atoms with Crippen molar-refractivity contribution in [1.82, 2.24) is 9.97 Å². The second-order valence-electron chi connectivity index (χ2n) is 6.82. The van der Waals surface area contributed by atoms with Crippen LogP contribution in [0, 0.1) is 5.92 Å². The molecule has 2 aromatic heterocycles. The molecule has 0 aliphatic heterocycles. The predicted octanol–water partition coefficient (Wildman–Crippen LogP) is 5.46. The minimum absolute atomic E-state index is 0.470. The molecule has 4 aromatic rings. The van der Waals surface area contributed by atoms with Gasteiger partial charge >= 0.3 is 0 Å². The van der Waals surface area contributed by atoms with Crippen LogP contribution in [0.15, 0.2) is 71.4 Å². The van der Waals surface area contributed by atoms with Crippen molar-refractivity contribution in [2.45, 2.75) is 20.5 Å². The molecular weight excluding hydrogens is 352 g/mol. The number of pyridine rings is 1. The lowest BCUT2D eigenvalue weighted by molar-refractivity contribution is 0.305. The van der Waals surface area contributed by atoms with Crippen molar-refractivity contribution in [3.8, 4) is 23.0 Å². The molecule has 5 nitrogen and oxygen atoms in total. The quantitative estimate of drug-likeness (QED) is 0.430. The third-order valence-corrected chi connectivity index (χ3v) is 4.12. The summed E-state index contributed by atoms with van der Waals surface area (Å²) in [6, 6.07) is 17.4. The summed E-state index contributed by atoms with van der Waals surface area (Å²) >= 11 is 0. The van der Waals surface area contributed by atoms with Gasteiger partial charge in [-0.25, -0.2) is 4.98 Å². The number of rotatable bonds is 7. The fraction of sp³-hybridized carbons (Fsp3) is 0.174. The van der Waals surface area contributed by atoms with Gasteiger partial charge in [-0.2, -0.15) is 0 Å². The number of fused-ring (bicyclic) bond motifs is 1. The Morgan fingerprint density at radius 2 is 1.79 bits per heavy atom. The maximum Gasteiger partial charge on any atom is 0.228 e. The molecule has 2 heterocycles. The molecule has 4 rings (SSSR count). The molecule has 0 unspecified atom stereocenters. The fourth-order valence-electron chi connectivity index (χ4n) is 2.69. The average molecular weight is 373 g/mol. The number of aromatic nitrogens is 2. The highest BCUT2D eigenvalue weighted by molar-refractivity contribution is 5.77. The molecule has 28 heavy (non-hydrogen) atoms. The Hall–Kier alpha value is -3.34. The van der Waals surface area contributed by atoms with Gasteiger partial charge in [-0.3, -0.25) is 4.98 Å². The zero-order valence-electron chi connectivity index (χ0n) is 15.9. The SMILES string of the molecule is C[C](C)COc1ccc(COc2ccc3oc(-c4cccnc4)nc3c2)cc1. The Balaban J connectivity index is 1.42. The standard InChI is InChI=1S/C23H21N2O3/c1-16(2)14-26-19-7-5-17(6-8-19)15-27-20-9-10-22-21(12-20)25-23(28-22)18-4-3-11-24-13-18/h3-13H,14-15H2,1-2H3. The first-order valence-electron chi connectivity index (χ1n) is 9.12. The summed E-state index contributed by atoms with van der Waals surface area (Å²) < 4.78 is 17.4. The molecule has 0 fully saturated rings. The molecule has 0 bridgehead atoms. The van der Waals surface area contributed by atoms with E-state index in [0.29, 0.717) is 19.1 Å². The molecule has 141 valence electrons. The Morgan fingerprint density at radius 3 is 2.54 bits per heavy atom. The molecule has 0 atom stereocenters. The van der Waals surface area contributed by atoms with Crippen LogP contribution in [-0.2, 0) is 6.61 Å². The van der Waals surface area contributed by atoms with E-state index in [1.165, 1.54) is 5.92 Å². The first-order valence-corrected chi connectivity index (χ1v) is 9.12. The topological polar surface area (TPSA) is 57.4 Å². The number of benzene rings is 2. The van der Waals surface area contributed by atoms with Crippen molar-refractivity contribution in [2.24, 2.45) is 0 Å². The molecule has 2 aromatic carbocycles. The molecule has 0 aliphatic carbocycles. The van der Waals surface area contributed by atoms with Gasteiger partial charge in [0, 0.05) is 24.4 Å². The second-order valence-corrected chi connectivity index (χ2v) is 6.82. The number of hydrogen-bond acceptors (Lipinski definition) is 5. The first-order chi connectivity index (χ1) is 13.7. The van der Waals surface area contributed by atoms with Gasteiger partial charge in [0.2, 0.25) is 5.89 Å². The van der Waals surface area contributed by atoms with Crippen LogP contribution in [-0.4, -0.2) is 16.6 Å². The second kappa shape index (κ2) is 8.13. The lowest BCUT2D eigenvalue weighted by atomic mass is 10.2. The van der Waals surface area contributed by atoms with Gasteiger partial charge in [-0.05, 0) is 42.0 Å². The van der Waals surface area contributed by atoms with E-state index in [1.807, 2.05) is 68.4 Å². The van der Waals surface area contributed by atoms with Gasteiger partial charge in [-0.15, -0.1) is 0 Å². The van der Waals surface area contributed by atoms with Gasteiger partial charge in [0.25, 0.3) is 0 Å². The Labute approximate surface area is 164 Å². The van der Waals surface area contributed by atoms with E-state index in [0.717, 1.165) is 33.7 Å². The van der Waals surface area contributed by atoms with E-state index < -0.39 is 0 Å². The van der Waals surface area contributed by atoms with E-state index in [4.69, 9.17) is 13.9 Å². The van der Waals surface area contributed by atoms with Crippen LogP contribution in [0.3, 0.4) is 0 Å². The van der Waals surface area contributed by atoms with Crippen molar-refractivity contribution >= 4 is 11.1 Å². The number of ether oxygens (including phenoxy) is 2. The average Bonchev–Trinajstić information content (AvgIpc) is 3.15. The normalized spacial score (nSPS) is 11.1. The van der Waals surface area contributed by atoms with Gasteiger partial charge in [0.1, 0.15) is 23.6 Å². The zero-order chi connectivity index (χ0) is 19.3. The monoisotopic (exact) mass is 373 g/mol. The maximum atomic E-state index is 5.91. The van der Waals surface area contributed by atoms with Crippen molar-refractivity contribution in [3.05, 3.63) is 78.5 Å². The van der Waals surface area contributed by atoms with Gasteiger partial charge in [0.15, 0.2) is 5.58 Å². The van der Waals surface area contributed by atoms with Gasteiger partial charge in [-0.1, -0.05) is 26.0 Å². The molecule has 0 spiro atoms. The van der Waals surface area contributed by atoms with Crippen molar-refractivity contribution < 1.29 is 13.9 Å². The highest BCUT2D eigenvalue weighted by Crippen LogP contribution is 2.27. The fourth-order valence-corrected chi connectivity index (χ4v) is 2.69. The summed E-state index contributed by atoms with van der Waals surface area (Å²) in [5.41, 5.74) is 3.39. The highest BCUT2D eigenvalue weighted by atomic mass is 16.5. The molecule has 1 radical (unpaired) electrons. The van der Waals surface area contributed by atoms with Gasteiger partial charge in [0.05, 0.1) is 12.2 Å². The molecular formula is C23H21N2O3. The minimum Gasteiger partial charge on any atom is -0.493 e. The Kier molecular flexibility index (Phi) is 5.24. The van der Waals surface area contributed by atoms with Crippen molar-refractivity contribution in [3.63, 3.8) is 0 Å². The summed E-state index contributed by atoms with van der Waals surface area (Å²) in [5, 5.41) is 0. The number of hydrogen-bond donors (Lipinski definition) is 0. The van der Waals surface area contributed by atoms with E-state index in [9.17, 15) is 0 Å². The summed E-state index contributed by atoms with van der Waals surface area (Å²) in [5.74, 6) is 3.39. The van der Waals surface area contributed by atoms with Crippen LogP contribution in [0.1, 0.15) is 19.4 Å². The molecule has 0 N–H and O–H groups in total. The van der Waals surface area contributed by atoms with E-state index >= 15 is 0 Å².